The van der Waals surface area contributed by atoms with Crippen LogP contribution in [0.1, 0.15) is 44.1 Å². The molecule has 0 spiro atoms. The van der Waals surface area contributed by atoms with Crippen LogP contribution in [0, 0.1) is 0 Å². The Hall–Kier alpha value is -1.10. The van der Waals surface area contributed by atoms with Crippen molar-refractivity contribution in [1.29, 1.82) is 0 Å². The Labute approximate surface area is 142 Å². The Balaban J connectivity index is 1.67. The first kappa shape index (κ1) is 16.7. The number of nitrogens with one attached hydrogen (secondary N) is 2. The first-order valence-electron chi connectivity index (χ1n) is 8.52. The molecular formula is C18H25ClN2O2. The van der Waals surface area contributed by atoms with Crippen LogP contribution in [-0.4, -0.2) is 36.2 Å². The first-order chi connectivity index (χ1) is 11.0. The number of amides is 1. The third-order valence-corrected chi connectivity index (χ3v) is 5.63. The highest BCUT2D eigenvalue weighted by molar-refractivity contribution is 6.30. The van der Waals surface area contributed by atoms with Crippen LogP contribution in [0.15, 0.2) is 24.3 Å². The summed E-state index contributed by atoms with van der Waals surface area (Å²) in [6.45, 7) is 2.07. The standard InChI is InChI=1S/C18H25ClN2O2/c19-15-5-3-14(4-6-15)18(8-1-9-18)16(22)21-13-17(23)7-2-11-20-12-10-17/h3-6,20,23H,1-2,7-13H2,(H,21,22)/t17-/m0/s1. The van der Waals surface area contributed by atoms with Crippen LogP contribution in [0.25, 0.3) is 0 Å². The molecule has 0 aromatic heterocycles. The number of hydrogen-bond donors (Lipinski definition) is 3. The number of carbonyl (C=O) groups is 1. The molecule has 1 heterocycles. The number of benzene rings is 1. The summed E-state index contributed by atoms with van der Waals surface area (Å²) in [4.78, 5) is 12.8. The molecule has 1 aromatic rings. The van der Waals surface area contributed by atoms with Crippen LogP contribution >= 0.6 is 11.6 Å². The van der Waals surface area contributed by atoms with Crippen molar-refractivity contribution in [3.05, 3.63) is 34.9 Å². The Morgan fingerprint density at radius 2 is 1.87 bits per heavy atom. The molecule has 2 aliphatic rings. The van der Waals surface area contributed by atoms with Crippen molar-refractivity contribution in [2.75, 3.05) is 19.6 Å². The summed E-state index contributed by atoms with van der Waals surface area (Å²) in [5, 5.41) is 17.7. The Morgan fingerprint density at radius 1 is 1.13 bits per heavy atom. The van der Waals surface area contributed by atoms with Gasteiger partial charge in [-0.15, -0.1) is 0 Å². The van der Waals surface area contributed by atoms with Crippen LogP contribution in [0.4, 0.5) is 0 Å². The summed E-state index contributed by atoms with van der Waals surface area (Å²) in [5.41, 5.74) is -0.200. The molecule has 0 radical (unpaired) electrons. The molecule has 126 valence electrons. The predicted molar refractivity (Wildman–Crippen MR) is 91.7 cm³/mol. The minimum absolute atomic E-state index is 0.0386. The maximum absolute atomic E-state index is 12.8. The fourth-order valence-electron chi connectivity index (χ4n) is 3.65. The maximum Gasteiger partial charge on any atom is 0.230 e. The van der Waals surface area contributed by atoms with Gasteiger partial charge in [-0.05, 0) is 62.9 Å². The van der Waals surface area contributed by atoms with Crippen LogP contribution in [-0.2, 0) is 10.2 Å². The van der Waals surface area contributed by atoms with E-state index in [9.17, 15) is 9.90 Å². The largest absolute Gasteiger partial charge is 0.388 e. The van der Waals surface area contributed by atoms with E-state index in [0.29, 0.717) is 18.0 Å². The van der Waals surface area contributed by atoms with Gasteiger partial charge in [-0.1, -0.05) is 30.2 Å². The van der Waals surface area contributed by atoms with Gasteiger partial charge in [-0.2, -0.15) is 0 Å². The molecule has 2 fully saturated rings. The van der Waals surface area contributed by atoms with Crippen LogP contribution in [0.3, 0.4) is 0 Å². The molecule has 1 aliphatic carbocycles. The normalized spacial score (nSPS) is 26.9. The zero-order valence-corrected chi connectivity index (χ0v) is 14.2. The lowest BCUT2D eigenvalue weighted by atomic mass is 9.63. The zero-order valence-electron chi connectivity index (χ0n) is 13.4. The summed E-state index contributed by atoms with van der Waals surface area (Å²) in [6.07, 6.45) is 5.13. The third kappa shape index (κ3) is 3.54. The molecule has 1 aromatic carbocycles. The van der Waals surface area contributed by atoms with E-state index >= 15 is 0 Å². The van der Waals surface area contributed by atoms with Crippen LogP contribution in [0.2, 0.25) is 5.02 Å². The monoisotopic (exact) mass is 336 g/mol. The summed E-state index contributed by atoms with van der Waals surface area (Å²) < 4.78 is 0. The Bertz CT molecular complexity index is 547. The Morgan fingerprint density at radius 3 is 2.52 bits per heavy atom. The first-order valence-corrected chi connectivity index (χ1v) is 8.89. The second-order valence-corrected chi connectivity index (χ2v) is 7.39. The quantitative estimate of drug-likeness (QED) is 0.791. The molecular weight excluding hydrogens is 312 g/mol. The van der Waals surface area contributed by atoms with E-state index in [1.165, 1.54) is 0 Å². The van der Waals surface area contributed by atoms with E-state index in [1.807, 2.05) is 24.3 Å². The molecule has 5 heteroatoms. The van der Waals surface area contributed by atoms with Crippen molar-refractivity contribution in [2.45, 2.75) is 49.5 Å². The fraction of sp³-hybridized carbons (Fsp3) is 0.611. The molecule has 0 unspecified atom stereocenters. The van der Waals surface area contributed by atoms with E-state index in [2.05, 4.69) is 10.6 Å². The number of hydrogen-bond acceptors (Lipinski definition) is 3. The Kier molecular flexibility index (Phi) is 4.95. The predicted octanol–water partition coefficient (Wildman–Crippen LogP) is 2.38. The average molecular weight is 337 g/mol. The molecule has 4 nitrogen and oxygen atoms in total. The maximum atomic E-state index is 12.8. The lowest BCUT2D eigenvalue weighted by Crippen LogP contribution is -2.53. The van der Waals surface area contributed by atoms with E-state index in [1.54, 1.807) is 0 Å². The molecule has 3 N–H and O–H groups in total. The van der Waals surface area contributed by atoms with Gasteiger partial charge in [-0.3, -0.25) is 4.79 Å². The zero-order chi connectivity index (χ0) is 16.3. The molecule has 1 amide bonds. The SMILES string of the molecule is O=C(NC[C@]1(O)CCCNCC1)C1(c2ccc(Cl)cc2)CCC1. The van der Waals surface area contributed by atoms with Gasteiger partial charge in [-0.25, -0.2) is 0 Å². The van der Waals surface area contributed by atoms with Gasteiger partial charge in [0.05, 0.1) is 11.0 Å². The van der Waals surface area contributed by atoms with Crippen molar-refractivity contribution in [3.8, 4) is 0 Å². The molecule has 1 saturated carbocycles. The number of carbonyl (C=O) groups excluding carboxylic acids is 1. The van der Waals surface area contributed by atoms with Gasteiger partial charge < -0.3 is 15.7 Å². The molecule has 1 saturated heterocycles. The summed E-state index contributed by atoms with van der Waals surface area (Å²) in [6, 6.07) is 7.58. The highest BCUT2D eigenvalue weighted by atomic mass is 35.5. The van der Waals surface area contributed by atoms with Crippen molar-refractivity contribution in [1.82, 2.24) is 10.6 Å². The van der Waals surface area contributed by atoms with Crippen LogP contribution < -0.4 is 10.6 Å². The summed E-state index contributed by atoms with van der Waals surface area (Å²) in [5.74, 6) is 0.0386. The molecule has 0 bridgehead atoms. The minimum Gasteiger partial charge on any atom is -0.388 e. The van der Waals surface area contributed by atoms with Gasteiger partial charge >= 0.3 is 0 Å². The molecule has 23 heavy (non-hydrogen) atoms. The van der Waals surface area contributed by atoms with Gasteiger partial charge in [0, 0.05) is 11.6 Å². The highest BCUT2D eigenvalue weighted by Crippen LogP contribution is 2.44. The topological polar surface area (TPSA) is 61.4 Å². The fourth-order valence-corrected chi connectivity index (χ4v) is 3.78. The van der Waals surface area contributed by atoms with Crippen molar-refractivity contribution in [3.63, 3.8) is 0 Å². The van der Waals surface area contributed by atoms with Crippen molar-refractivity contribution in [2.24, 2.45) is 0 Å². The van der Waals surface area contributed by atoms with Gasteiger partial charge in [0.2, 0.25) is 5.91 Å². The molecule has 1 aliphatic heterocycles. The van der Waals surface area contributed by atoms with Gasteiger partial charge in [0.15, 0.2) is 0 Å². The summed E-state index contributed by atoms with van der Waals surface area (Å²) >= 11 is 5.96. The van der Waals surface area contributed by atoms with E-state index in [-0.39, 0.29) is 5.91 Å². The van der Waals surface area contributed by atoms with E-state index in [4.69, 9.17) is 11.6 Å². The van der Waals surface area contributed by atoms with Crippen molar-refractivity contribution < 1.29 is 9.90 Å². The molecule has 1 atom stereocenters. The highest BCUT2D eigenvalue weighted by Gasteiger charge is 2.46. The van der Waals surface area contributed by atoms with Gasteiger partial charge in [0.25, 0.3) is 0 Å². The minimum atomic E-state index is -0.788. The second kappa shape index (κ2) is 6.80. The molecule has 3 rings (SSSR count). The lowest BCUT2D eigenvalue weighted by molar-refractivity contribution is -0.131. The summed E-state index contributed by atoms with van der Waals surface area (Å²) in [7, 11) is 0. The van der Waals surface area contributed by atoms with E-state index in [0.717, 1.165) is 50.8 Å². The lowest BCUT2D eigenvalue weighted by Gasteiger charge is -2.41. The number of aliphatic hydroxyl groups is 1. The number of halogens is 1. The second-order valence-electron chi connectivity index (χ2n) is 6.95. The van der Waals surface area contributed by atoms with Gasteiger partial charge in [0.1, 0.15) is 0 Å². The average Bonchev–Trinajstić information content (AvgIpc) is 2.71. The van der Waals surface area contributed by atoms with Crippen LogP contribution in [0.5, 0.6) is 0 Å². The van der Waals surface area contributed by atoms with Crippen molar-refractivity contribution >= 4 is 17.5 Å². The smallest absolute Gasteiger partial charge is 0.230 e. The van der Waals surface area contributed by atoms with E-state index < -0.39 is 11.0 Å². The number of rotatable bonds is 4. The third-order valence-electron chi connectivity index (χ3n) is 5.38.